The predicted molar refractivity (Wildman–Crippen MR) is 140 cm³/mol. The fraction of sp³-hybridized carbons (Fsp3) is 0.833. The largest absolute Gasteiger partial charge is 0.306 e. The van der Waals surface area contributed by atoms with Crippen molar-refractivity contribution >= 4 is 6.29 Å². The van der Waals surface area contributed by atoms with Crippen molar-refractivity contribution in [2.45, 2.75) is 116 Å². The predicted octanol–water partition coefficient (Wildman–Crippen LogP) is 8.23. The normalized spacial score (nSPS) is 33.5. The van der Waals surface area contributed by atoms with Crippen LogP contribution in [0.1, 0.15) is 110 Å². The number of aldehydes is 1. The SMILES string of the molecule is C=CC=O.CCCCCC1CCC(/C=C/C2CCC(C3CCC(N(C)C)CC3)CC2)CC1. The van der Waals surface area contributed by atoms with Crippen LogP contribution in [0.3, 0.4) is 0 Å². The van der Waals surface area contributed by atoms with Crippen molar-refractivity contribution in [2.24, 2.45) is 29.6 Å². The molecule has 32 heavy (non-hydrogen) atoms. The first kappa shape index (κ1) is 27.4. The second-order valence-corrected chi connectivity index (χ2v) is 11.2. The summed E-state index contributed by atoms with van der Waals surface area (Å²) in [6.45, 7) is 5.44. The molecule has 2 heteroatoms. The zero-order valence-corrected chi connectivity index (χ0v) is 21.6. The first-order valence-electron chi connectivity index (χ1n) is 14.0. The van der Waals surface area contributed by atoms with Gasteiger partial charge in [0.2, 0.25) is 0 Å². The Morgan fingerprint density at radius 1 is 0.750 bits per heavy atom. The number of allylic oxidation sites excluding steroid dienone is 3. The van der Waals surface area contributed by atoms with Crippen molar-refractivity contribution in [1.29, 1.82) is 0 Å². The van der Waals surface area contributed by atoms with Gasteiger partial charge >= 0.3 is 0 Å². The van der Waals surface area contributed by atoms with Gasteiger partial charge in [-0.05, 0) is 127 Å². The number of nitrogens with zero attached hydrogens (tertiary/aromatic N) is 1. The fourth-order valence-electron chi connectivity index (χ4n) is 6.56. The van der Waals surface area contributed by atoms with Gasteiger partial charge in [-0.2, -0.15) is 0 Å². The Labute approximate surface area is 200 Å². The monoisotopic (exact) mass is 443 g/mol. The maximum absolute atomic E-state index is 9.06. The molecule has 3 aliphatic carbocycles. The second-order valence-electron chi connectivity index (χ2n) is 11.2. The Morgan fingerprint density at radius 2 is 1.22 bits per heavy atom. The van der Waals surface area contributed by atoms with Crippen molar-refractivity contribution in [3.05, 3.63) is 24.8 Å². The first-order chi connectivity index (χ1) is 15.6. The van der Waals surface area contributed by atoms with Gasteiger partial charge in [-0.15, -0.1) is 0 Å². The van der Waals surface area contributed by atoms with E-state index in [1.165, 1.54) is 109 Å². The van der Waals surface area contributed by atoms with Crippen molar-refractivity contribution in [3.63, 3.8) is 0 Å². The minimum atomic E-state index is 0.639. The lowest BCUT2D eigenvalue weighted by Crippen LogP contribution is -2.34. The number of carbonyl (C=O) groups is 1. The van der Waals surface area contributed by atoms with Crippen molar-refractivity contribution in [1.82, 2.24) is 4.90 Å². The summed E-state index contributed by atoms with van der Waals surface area (Å²) < 4.78 is 0. The number of hydrogen-bond acceptors (Lipinski definition) is 2. The molecule has 0 unspecified atom stereocenters. The third-order valence-corrected chi connectivity index (χ3v) is 8.81. The molecule has 0 bridgehead atoms. The summed E-state index contributed by atoms with van der Waals surface area (Å²) in [6, 6.07) is 0.859. The van der Waals surface area contributed by atoms with Gasteiger partial charge in [0.05, 0.1) is 0 Å². The third-order valence-electron chi connectivity index (χ3n) is 8.81. The molecule has 0 saturated heterocycles. The van der Waals surface area contributed by atoms with E-state index in [-0.39, 0.29) is 0 Å². The highest BCUT2D eigenvalue weighted by atomic mass is 16.1. The van der Waals surface area contributed by atoms with E-state index in [0.717, 1.165) is 35.6 Å². The summed E-state index contributed by atoms with van der Waals surface area (Å²) in [7, 11) is 4.53. The molecule has 0 amide bonds. The van der Waals surface area contributed by atoms with Crippen LogP contribution in [0.25, 0.3) is 0 Å². The lowest BCUT2D eigenvalue weighted by Gasteiger charge is -2.39. The second kappa shape index (κ2) is 15.9. The molecule has 0 aromatic heterocycles. The highest BCUT2D eigenvalue weighted by molar-refractivity contribution is 5.63. The van der Waals surface area contributed by atoms with Crippen LogP contribution in [0.15, 0.2) is 24.8 Å². The summed E-state index contributed by atoms with van der Waals surface area (Å²) in [5, 5.41) is 0. The molecule has 3 aliphatic rings. The zero-order chi connectivity index (χ0) is 23.2. The summed E-state index contributed by atoms with van der Waals surface area (Å²) in [4.78, 5) is 11.5. The minimum Gasteiger partial charge on any atom is -0.306 e. The molecule has 2 nitrogen and oxygen atoms in total. The van der Waals surface area contributed by atoms with E-state index in [9.17, 15) is 0 Å². The Hall–Kier alpha value is -0.890. The van der Waals surface area contributed by atoms with Crippen molar-refractivity contribution in [3.8, 4) is 0 Å². The van der Waals surface area contributed by atoms with Gasteiger partial charge < -0.3 is 4.90 Å². The Morgan fingerprint density at radius 3 is 1.66 bits per heavy atom. The van der Waals surface area contributed by atoms with Crippen LogP contribution >= 0.6 is 0 Å². The Balaban J connectivity index is 0.000000837. The van der Waals surface area contributed by atoms with Gasteiger partial charge in [-0.3, -0.25) is 4.79 Å². The maximum Gasteiger partial charge on any atom is 0.142 e. The molecule has 0 N–H and O–H groups in total. The van der Waals surface area contributed by atoms with Crippen LogP contribution in [0.5, 0.6) is 0 Å². The van der Waals surface area contributed by atoms with Gasteiger partial charge in [-0.25, -0.2) is 0 Å². The fourth-order valence-corrected chi connectivity index (χ4v) is 6.56. The lowest BCUT2D eigenvalue weighted by molar-refractivity contribution is -0.104. The van der Waals surface area contributed by atoms with Crippen LogP contribution in [-0.4, -0.2) is 31.3 Å². The number of carbonyl (C=O) groups excluding carboxylic acids is 1. The standard InChI is InChI=1S/C27H49N.C3H4O/c1-4-5-6-7-22-8-10-23(11-9-22)12-13-24-14-16-25(17-15-24)26-18-20-27(21-19-26)28(2)3;1-2-3-4/h12-13,22-27H,4-11,14-21H2,1-3H3;2-3H,1H2/b13-12+;. The highest BCUT2D eigenvalue weighted by Gasteiger charge is 2.31. The van der Waals surface area contributed by atoms with Gasteiger partial charge in [-0.1, -0.05) is 51.3 Å². The molecule has 184 valence electrons. The van der Waals surface area contributed by atoms with Gasteiger partial charge in [0, 0.05) is 6.04 Å². The van der Waals surface area contributed by atoms with E-state index in [0.29, 0.717) is 6.29 Å². The molecule has 0 aromatic rings. The first-order valence-corrected chi connectivity index (χ1v) is 14.0. The van der Waals surface area contributed by atoms with Gasteiger partial charge in [0.15, 0.2) is 0 Å². The minimum absolute atomic E-state index is 0.639. The molecule has 3 saturated carbocycles. The molecule has 0 atom stereocenters. The Bertz CT molecular complexity index is 509. The van der Waals surface area contributed by atoms with E-state index < -0.39 is 0 Å². The number of rotatable bonds is 9. The van der Waals surface area contributed by atoms with Crippen molar-refractivity contribution in [2.75, 3.05) is 14.1 Å². The maximum atomic E-state index is 9.06. The average molecular weight is 444 g/mol. The molecule has 0 spiro atoms. The lowest BCUT2D eigenvalue weighted by atomic mass is 9.70. The quantitative estimate of drug-likeness (QED) is 0.155. The average Bonchev–Trinajstić information content (AvgIpc) is 2.84. The molecular formula is C30H53NO. The molecular weight excluding hydrogens is 390 g/mol. The topological polar surface area (TPSA) is 20.3 Å². The van der Waals surface area contributed by atoms with Gasteiger partial charge in [0.1, 0.15) is 6.29 Å². The van der Waals surface area contributed by atoms with E-state index in [1.807, 2.05) is 0 Å². The number of unbranched alkanes of at least 4 members (excludes halogenated alkanes) is 2. The molecule has 0 aliphatic heterocycles. The van der Waals surface area contributed by atoms with E-state index in [2.05, 4.69) is 44.6 Å². The van der Waals surface area contributed by atoms with Crippen molar-refractivity contribution < 1.29 is 4.79 Å². The van der Waals surface area contributed by atoms with Crippen LogP contribution in [-0.2, 0) is 4.79 Å². The third kappa shape index (κ3) is 9.94. The summed E-state index contributed by atoms with van der Waals surface area (Å²) in [6.07, 6.45) is 30.7. The van der Waals surface area contributed by atoms with Crippen LogP contribution in [0.4, 0.5) is 0 Å². The summed E-state index contributed by atoms with van der Waals surface area (Å²) in [5.74, 6) is 4.95. The molecule has 0 heterocycles. The van der Waals surface area contributed by atoms with E-state index >= 15 is 0 Å². The van der Waals surface area contributed by atoms with E-state index in [1.54, 1.807) is 0 Å². The van der Waals surface area contributed by atoms with Gasteiger partial charge in [0.25, 0.3) is 0 Å². The summed E-state index contributed by atoms with van der Waals surface area (Å²) in [5.41, 5.74) is 0. The van der Waals surface area contributed by atoms with Crippen LogP contribution < -0.4 is 0 Å². The number of hydrogen-bond donors (Lipinski definition) is 0. The molecule has 3 rings (SSSR count). The highest BCUT2D eigenvalue weighted by Crippen LogP contribution is 2.41. The smallest absolute Gasteiger partial charge is 0.142 e. The Kier molecular flexibility index (Phi) is 13.6. The van der Waals surface area contributed by atoms with Crippen LogP contribution in [0, 0.1) is 29.6 Å². The molecule has 3 fully saturated rings. The molecule has 0 aromatic carbocycles. The molecule has 0 radical (unpaired) electrons. The van der Waals surface area contributed by atoms with E-state index in [4.69, 9.17) is 4.79 Å². The van der Waals surface area contributed by atoms with Crippen LogP contribution in [0.2, 0.25) is 0 Å². The zero-order valence-electron chi connectivity index (χ0n) is 21.6. The summed E-state index contributed by atoms with van der Waals surface area (Å²) >= 11 is 0.